The summed E-state index contributed by atoms with van der Waals surface area (Å²) in [7, 11) is -3.73. The molecule has 8 heteroatoms. The van der Waals surface area contributed by atoms with Crippen molar-refractivity contribution in [2.24, 2.45) is 5.14 Å². The molecular weight excluding hydrogens is 394 g/mol. The Bertz CT molecular complexity index is 1030. The van der Waals surface area contributed by atoms with Gasteiger partial charge < -0.3 is 5.32 Å². The predicted molar refractivity (Wildman–Crippen MR) is 109 cm³/mol. The zero-order valence-electron chi connectivity index (χ0n) is 14.9. The van der Waals surface area contributed by atoms with E-state index in [9.17, 15) is 13.2 Å². The summed E-state index contributed by atoms with van der Waals surface area (Å²) >= 11 is 1.37. The van der Waals surface area contributed by atoms with Crippen molar-refractivity contribution in [3.8, 4) is 0 Å². The van der Waals surface area contributed by atoms with Crippen LogP contribution in [0.1, 0.15) is 16.4 Å². The van der Waals surface area contributed by atoms with Gasteiger partial charge in [0, 0.05) is 12.7 Å². The average Bonchev–Trinajstić information content (AvgIpc) is 2.71. The molecule has 144 valence electrons. The highest BCUT2D eigenvalue weighted by Gasteiger charge is 2.22. The number of primary sulfonamides is 1. The number of thioether (sulfide) groups is 1. The van der Waals surface area contributed by atoms with Gasteiger partial charge in [-0.15, -0.1) is 0 Å². The maximum absolute atomic E-state index is 12.9. The molecule has 1 heterocycles. The first-order valence-corrected chi connectivity index (χ1v) is 10.9. The van der Waals surface area contributed by atoms with Crippen molar-refractivity contribution >= 4 is 27.7 Å². The largest absolute Gasteiger partial charge is 0.351 e. The van der Waals surface area contributed by atoms with E-state index in [2.05, 4.69) is 10.3 Å². The second-order valence-electron chi connectivity index (χ2n) is 5.98. The van der Waals surface area contributed by atoms with Gasteiger partial charge in [0.15, 0.2) is 0 Å². The molecule has 3 N–H and O–H groups in total. The Kier molecular flexibility index (Phi) is 6.45. The fourth-order valence-corrected chi connectivity index (χ4v) is 4.04. The summed E-state index contributed by atoms with van der Waals surface area (Å²) in [6.45, 7) is 0.274. The number of nitrogens with one attached hydrogen (secondary N) is 1. The zero-order chi connectivity index (χ0) is 20.0. The highest BCUT2D eigenvalue weighted by Crippen LogP contribution is 2.34. The van der Waals surface area contributed by atoms with Gasteiger partial charge in [-0.05, 0) is 35.4 Å². The molecule has 0 aliphatic carbocycles. The molecule has 1 atom stereocenters. The lowest BCUT2D eigenvalue weighted by Crippen LogP contribution is -2.27. The molecule has 0 unspecified atom stereocenters. The molecule has 0 aliphatic heterocycles. The summed E-state index contributed by atoms with van der Waals surface area (Å²) in [5.41, 5.74) is 1.65. The van der Waals surface area contributed by atoms with E-state index in [1.807, 2.05) is 48.5 Å². The first-order valence-electron chi connectivity index (χ1n) is 8.45. The minimum atomic E-state index is -3.73. The number of aromatic nitrogens is 1. The Morgan fingerprint density at radius 3 is 2.29 bits per heavy atom. The van der Waals surface area contributed by atoms with Crippen molar-refractivity contribution in [2.75, 3.05) is 0 Å². The van der Waals surface area contributed by atoms with Gasteiger partial charge in [-0.25, -0.2) is 18.5 Å². The van der Waals surface area contributed by atoms with Crippen molar-refractivity contribution in [3.63, 3.8) is 0 Å². The van der Waals surface area contributed by atoms with E-state index in [0.717, 1.165) is 16.2 Å². The summed E-state index contributed by atoms with van der Waals surface area (Å²) < 4.78 is 22.7. The Morgan fingerprint density at radius 2 is 1.68 bits per heavy atom. The molecule has 3 rings (SSSR count). The predicted octanol–water partition coefficient (Wildman–Crippen LogP) is 2.88. The highest BCUT2D eigenvalue weighted by atomic mass is 32.2. The Hall–Kier alpha value is -2.68. The van der Waals surface area contributed by atoms with E-state index < -0.39 is 15.3 Å². The number of sulfonamides is 1. The number of hydrogen-bond donors (Lipinski definition) is 2. The van der Waals surface area contributed by atoms with Crippen LogP contribution in [0.4, 0.5) is 0 Å². The molecule has 0 radical (unpaired) electrons. The van der Waals surface area contributed by atoms with Crippen LogP contribution in [-0.2, 0) is 21.4 Å². The smallest absolute Gasteiger partial charge is 0.238 e. The molecule has 1 aromatic heterocycles. The molecule has 1 amide bonds. The standard InChI is InChI=1S/C20H19N3O3S2/c21-28(25,26)17-11-9-15(10-12-17)14-23-20(24)19(16-6-2-1-3-7-16)27-18-8-4-5-13-22-18/h1-13,19H,14H2,(H,23,24)(H2,21,25,26)/t19-/m1/s1. The van der Waals surface area contributed by atoms with Crippen LogP contribution < -0.4 is 10.5 Å². The first kappa shape index (κ1) is 20.1. The van der Waals surface area contributed by atoms with Gasteiger partial charge in [0.2, 0.25) is 15.9 Å². The van der Waals surface area contributed by atoms with Crippen molar-refractivity contribution in [1.82, 2.24) is 10.3 Å². The van der Waals surface area contributed by atoms with Gasteiger partial charge >= 0.3 is 0 Å². The van der Waals surface area contributed by atoms with Crippen molar-refractivity contribution in [2.45, 2.75) is 21.7 Å². The lowest BCUT2D eigenvalue weighted by Gasteiger charge is -2.16. The summed E-state index contributed by atoms with van der Waals surface area (Å²) in [5, 5.41) is 8.30. The third kappa shape index (κ3) is 5.41. The fraction of sp³-hybridized carbons (Fsp3) is 0.100. The Balaban J connectivity index is 1.72. The van der Waals surface area contributed by atoms with Crippen molar-refractivity contribution < 1.29 is 13.2 Å². The molecule has 2 aromatic carbocycles. The van der Waals surface area contributed by atoms with Crippen LogP contribution in [0.2, 0.25) is 0 Å². The normalized spacial score (nSPS) is 12.3. The van der Waals surface area contributed by atoms with E-state index in [4.69, 9.17) is 5.14 Å². The van der Waals surface area contributed by atoms with Crippen LogP contribution >= 0.6 is 11.8 Å². The molecule has 28 heavy (non-hydrogen) atoms. The van der Waals surface area contributed by atoms with Gasteiger partial charge in [0.05, 0.1) is 9.92 Å². The number of hydrogen-bond acceptors (Lipinski definition) is 5. The summed E-state index contributed by atoms with van der Waals surface area (Å²) in [4.78, 5) is 17.2. The maximum atomic E-state index is 12.9. The summed E-state index contributed by atoms with van der Waals surface area (Å²) in [6.07, 6.45) is 1.69. The second kappa shape index (κ2) is 9.01. The molecular formula is C20H19N3O3S2. The van der Waals surface area contributed by atoms with Gasteiger partial charge in [0.25, 0.3) is 0 Å². The zero-order valence-corrected chi connectivity index (χ0v) is 16.5. The Morgan fingerprint density at radius 1 is 1.00 bits per heavy atom. The number of nitrogens with zero attached hydrogens (tertiary/aromatic N) is 1. The topological polar surface area (TPSA) is 102 Å². The average molecular weight is 414 g/mol. The first-order chi connectivity index (χ1) is 13.4. The van der Waals surface area contributed by atoms with E-state index in [-0.39, 0.29) is 17.3 Å². The SMILES string of the molecule is NS(=O)(=O)c1ccc(CNC(=O)[C@H](Sc2ccccn2)c2ccccc2)cc1. The minimum Gasteiger partial charge on any atom is -0.351 e. The molecule has 0 spiro atoms. The van der Waals surface area contributed by atoms with Gasteiger partial charge in [-0.2, -0.15) is 0 Å². The number of amides is 1. The Labute approximate surface area is 168 Å². The van der Waals surface area contributed by atoms with Crippen LogP contribution in [-0.4, -0.2) is 19.3 Å². The molecule has 0 fully saturated rings. The maximum Gasteiger partial charge on any atom is 0.238 e. The van der Waals surface area contributed by atoms with E-state index in [1.165, 1.54) is 23.9 Å². The highest BCUT2D eigenvalue weighted by molar-refractivity contribution is 8.00. The molecule has 0 saturated carbocycles. The van der Waals surface area contributed by atoms with Crippen LogP contribution in [0.5, 0.6) is 0 Å². The molecule has 3 aromatic rings. The second-order valence-corrected chi connectivity index (χ2v) is 8.67. The van der Waals surface area contributed by atoms with Gasteiger partial charge in [-0.1, -0.05) is 60.3 Å². The lowest BCUT2D eigenvalue weighted by molar-refractivity contribution is -0.120. The molecule has 0 saturated heterocycles. The summed E-state index contributed by atoms with van der Waals surface area (Å²) in [5.74, 6) is -0.155. The van der Waals surface area contributed by atoms with E-state index in [0.29, 0.717) is 0 Å². The number of rotatable bonds is 7. The number of benzene rings is 2. The number of pyridine rings is 1. The van der Waals surface area contributed by atoms with E-state index in [1.54, 1.807) is 18.3 Å². The van der Waals surface area contributed by atoms with Crippen molar-refractivity contribution in [1.29, 1.82) is 0 Å². The van der Waals surface area contributed by atoms with Crippen LogP contribution in [0.25, 0.3) is 0 Å². The van der Waals surface area contributed by atoms with Crippen LogP contribution in [0.15, 0.2) is 88.9 Å². The van der Waals surface area contributed by atoms with Gasteiger partial charge in [0.1, 0.15) is 5.25 Å². The number of carbonyl (C=O) groups excluding carboxylic acids is 1. The van der Waals surface area contributed by atoms with Crippen molar-refractivity contribution in [3.05, 3.63) is 90.1 Å². The fourth-order valence-electron chi connectivity index (χ4n) is 2.52. The van der Waals surface area contributed by atoms with Gasteiger partial charge in [-0.3, -0.25) is 4.79 Å². The molecule has 0 bridgehead atoms. The lowest BCUT2D eigenvalue weighted by atomic mass is 10.1. The number of nitrogens with two attached hydrogens (primary N) is 1. The monoisotopic (exact) mass is 413 g/mol. The van der Waals surface area contributed by atoms with E-state index >= 15 is 0 Å². The third-order valence-corrected chi connectivity index (χ3v) is 6.07. The molecule has 0 aliphatic rings. The van der Waals surface area contributed by atoms with Crippen LogP contribution in [0.3, 0.4) is 0 Å². The molecule has 6 nitrogen and oxygen atoms in total. The third-order valence-electron chi connectivity index (χ3n) is 3.94. The quantitative estimate of drug-likeness (QED) is 0.580. The minimum absolute atomic E-state index is 0.0375. The number of carbonyl (C=O) groups is 1. The van der Waals surface area contributed by atoms with Crippen LogP contribution in [0, 0.1) is 0 Å². The summed E-state index contributed by atoms with van der Waals surface area (Å²) in [6, 6.07) is 21.2.